The van der Waals surface area contributed by atoms with Gasteiger partial charge in [0.15, 0.2) is 11.5 Å². The van der Waals surface area contributed by atoms with E-state index in [4.69, 9.17) is 11.6 Å². The number of halogens is 4. The van der Waals surface area contributed by atoms with Crippen LogP contribution < -0.4 is 10.2 Å². The van der Waals surface area contributed by atoms with Crippen LogP contribution in [0.3, 0.4) is 0 Å². The number of hydrogen-bond acceptors (Lipinski definition) is 6. The van der Waals surface area contributed by atoms with Crippen molar-refractivity contribution in [2.24, 2.45) is 0 Å². The number of carbonyl (C=O) groups is 1. The maximum absolute atomic E-state index is 12.9. The number of nitrogens with zero attached hydrogens (tertiary/aromatic N) is 4. The van der Waals surface area contributed by atoms with E-state index in [2.05, 4.69) is 20.3 Å². The van der Waals surface area contributed by atoms with E-state index in [-0.39, 0.29) is 27.5 Å². The average Bonchev–Trinajstić information content (AvgIpc) is 2.75. The lowest BCUT2D eigenvalue weighted by molar-refractivity contribution is -0.118. The van der Waals surface area contributed by atoms with Crippen molar-refractivity contribution in [1.82, 2.24) is 15.0 Å². The molecule has 0 saturated heterocycles. The summed E-state index contributed by atoms with van der Waals surface area (Å²) in [6, 6.07) is 0. The molecule has 6 nitrogen and oxygen atoms in total. The average molecular weight is 350 g/mol. The molecule has 1 amide bonds. The molecule has 3 heterocycles. The Bertz CT molecular complexity index is 763. The zero-order chi connectivity index (χ0) is 16.1. The Kier molecular flexibility index (Phi) is 3.44. The van der Waals surface area contributed by atoms with Gasteiger partial charge in [-0.25, -0.2) is 9.97 Å². The molecule has 116 valence electrons. The number of aromatic nitrogens is 3. The van der Waals surface area contributed by atoms with Crippen molar-refractivity contribution < 1.29 is 18.0 Å². The van der Waals surface area contributed by atoms with Crippen LogP contribution >= 0.6 is 22.9 Å². The van der Waals surface area contributed by atoms with Crippen LogP contribution in [-0.2, 0) is 0 Å². The molecule has 2 aromatic heterocycles. The van der Waals surface area contributed by atoms with Crippen LogP contribution in [-0.4, -0.2) is 33.6 Å². The Morgan fingerprint density at radius 1 is 1.41 bits per heavy atom. The minimum Gasteiger partial charge on any atom is -0.316 e. The molecule has 0 bridgehead atoms. The molecule has 0 unspecified atom stereocenters. The third kappa shape index (κ3) is 2.71. The zero-order valence-electron chi connectivity index (χ0n) is 10.9. The Labute approximate surface area is 131 Å². The number of nitrogens with one attached hydrogen (secondary N) is 1. The second-order valence-electron chi connectivity index (χ2n) is 4.42. The minimum atomic E-state index is -4.50. The molecule has 0 saturated carbocycles. The van der Waals surface area contributed by atoms with E-state index >= 15 is 0 Å². The van der Waals surface area contributed by atoms with Crippen molar-refractivity contribution in [3.63, 3.8) is 0 Å². The van der Waals surface area contributed by atoms with Gasteiger partial charge >= 0.3 is 6.18 Å². The van der Waals surface area contributed by atoms with Gasteiger partial charge in [0.25, 0.3) is 5.91 Å². The number of rotatable bonds is 1. The highest BCUT2D eigenvalue weighted by Gasteiger charge is 2.38. The normalized spacial score (nSPS) is 14.2. The van der Waals surface area contributed by atoms with Gasteiger partial charge in [0.2, 0.25) is 5.28 Å². The van der Waals surface area contributed by atoms with Gasteiger partial charge in [-0.1, -0.05) is 0 Å². The number of amides is 1. The van der Waals surface area contributed by atoms with Gasteiger partial charge in [-0.2, -0.15) is 18.2 Å². The second-order valence-corrected chi connectivity index (χ2v) is 5.94. The van der Waals surface area contributed by atoms with Crippen LogP contribution in [0.15, 0.2) is 6.20 Å². The zero-order valence-corrected chi connectivity index (χ0v) is 12.5. The third-order valence-corrected chi connectivity index (χ3v) is 3.93. The number of hydrogen-bond donors (Lipinski definition) is 1. The van der Waals surface area contributed by atoms with Crippen LogP contribution in [0.25, 0.3) is 0 Å². The molecular weight excluding hydrogens is 343 g/mol. The smallest absolute Gasteiger partial charge is 0.316 e. The highest BCUT2D eigenvalue weighted by molar-refractivity contribution is 7.16. The lowest BCUT2D eigenvalue weighted by atomic mass is 10.4. The number of fused-ring (bicyclic) bond motifs is 2. The summed E-state index contributed by atoms with van der Waals surface area (Å²) in [7, 11) is 0. The van der Waals surface area contributed by atoms with Crippen LogP contribution in [0.4, 0.5) is 29.7 Å². The van der Waals surface area contributed by atoms with E-state index in [1.165, 1.54) is 0 Å². The SMILES string of the molecule is Cc1nc2c(s1)N(CC(F)(F)F)c1nc(Cl)ncc1NC2=O. The molecule has 0 aromatic carbocycles. The molecule has 0 atom stereocenters. The molecule has 2 aromatic rings. The van der Waals surface area contributed by atoms with E-state index < -0.39 is 18.6 Å². The summed E-state index contributed by atoms with van der Waals surface area (Å²) in [5.41, 5.74) is -0.0395. The number of aryl methyl sites for hydroxylation is 1. The Morgan fingerprint density at radius 2 is 2.14 bits per heavy atom. The van der Waals surface area contributed by atoms with E-state index in [1.54, 1.807) is 6.92 Å². The van der Waals surface area contributed by atoms with Gasteiger partial charge in [0, 0.05) is 0 Å². The van der Waals surface area contributed by atoms with Crippen LogP contribution in [0.2, 0.25) is 5.28 Å². The molecule has 11 heteroatoms. The predicted octanol–water partition coefficient (Wildman–Crippen LogP) is 3.16. The van der Waals surface area contributed by atoms with Gasteiger partial charge in [-0.15, -0.1) is 11.3 Å². The minimum absolute atomic E-state index is 0.0431. The largest absolute Gasteiger partial charge is 0.406 e. The molecule has 0 spiro atoms. The Balaban J connectivity index is 2.22. The summed E-state index contributed by atoms with van der Waals surface area (Å²) < 4.78 is 38.8. The standard InChI is InChI=1S/C11H7ClF3N5OS/c1-4-17-6-8(21)18-5-2-16-10(12)19-7(5)20(9(6)22-4)3-11(13,14)15/h2H,3H2,1H3,(H,18,21). The summed E-state index contributed by atoms with van der Waals surface area (Å²) in [4.78, 5) is 24.5. The van der Waals surface area contributed by atoms with Gasteiger partial charge in [-0.3, -0.25) is 4.79 Å². The van der Waals surface area contributed by atoms with Gasteiger partial charge in [0.05, 0.1) is 11.2 Å². The maximum atomic E-state index is 12.9. The first-order valence-corrected chi connectivity index (χ1v) is 7.09. The lowest BCUT2D eigenvalue weighted by Crippen LogP contribution is -2.31. The first kappa shape index (κ1) is 15.0. The molecule has 22 heavy (non-hydrogen) atoms. The van der Waals surface area contributed by atoms with Crippen molar-refractivity contribution in [1.29, 1.82) is 0 Å². The fraction of sp³-hybridized carbons (Fsp3) is 0.273. The van der Waals surface area contributed by atoms with Crippen LogP contribution in [0, 0.1) is 6.92 Å². The first-order chi connectivity index (χ1) is 10.2. The number of thiazole rings is 1. The molecule has 0 aliphatic carbocycles. The van der Waals surface area contributed by atoms with Gasteiger partial charge < -0.3 is 10.2 Å². The van der Waals surface area contributed by atoms with Crippen molar-refractivity contribution >= 4 is 45.4 Å². The molecule has 0 radical (unpaired) electrons. The molecule has 1 aliphatic rings. The second kappa shape index (κ2) is 5.06. The molecule has 1 aliphatic heterocycles. The molecule has 3 rings (SSSR count). The fourth-order valence-corrected chi connectivity index (χ4v) is 3.04. The first-order valence-electron chi connectivity index (χ1n) is 5.90. The Morgan fingerprint density at radius 3 is 2.82 bits per heavy atom. The molecular formula is C11H7ClF3N5OS. The number of alkyl halides is 3. The van der Waals surface area contributed by atoms with E-state index in [9.17, 15) is 18.0 Å². The van der Waals surface area contributed by atoms with Crippen molar-refractivity contribution in [3.05, 3.63) is 22.2 Å². The van der Waals surface area contributed by atoms with Crippen molar-refractivity contribution in [2.75, 3.05) is 16.8 Å². The van der Waals surface area contributed by atoms with E-state index in [0.29, 0.717) is 5.01 Å². The highest BCUT2D eigenvalue weighted by atomic mass is 35.5. The molecule has 0 fully saturated rings. The summed E-state index contributed by atoms with van der Waals surface area (Å²) >= 11 is 6.66. The van der Waals surface area contributed by atoms with Gasteiger partial charge in [0.1, 0.15) is 17.2 Å². The van der Waals surface area contributed by atoms with Crippen LogP contribution in [0.1, 0.15) is 15.5 Å². The summed E-state index contributed by atoms with van der Waals surface area (Å²) in [5, 5.41) is 2.77. The maximum Gasteiger partial charge on any atom is 0.406 e. The summed E-state index contributed by atoms with van der Waals surface area (Å²) in [5.74, 6) is -0.732. The monoisotopic (exact) mass is 349 g/mol. The van der Waals surface area contributed by atoms with Crippen molar-refractivity contribution in [3.8, 4) is 0 Å². The highest BCUT2D eigenvalue weighted by Crippen LogP contribution is 2.41. The Hall–Kier alpha value is -1.94. The quantitative estimate of drug-likeness (QED) is 0.801. The van der Waals surface area contributed by atoms with Crippen LogP contribution in [0.5, 0.6) is 0 Å². The lowest BCUT2D eigenvalue weighted by Gasteiger charge is -2.23. The van der Waals surface area contributed by atoms with Gasteiger partial charge in [-0.05, 0) is 18.5 Å². The fourth-order valence-electron chi connectivity index (χ4n) is 2.00. The number of carbonyl (C=O) groups excluding carboxylic acids is 1. The third-order valence-electron chi connectivity index (χ3n) is 2.76. The number of anilines is 3. The van der Waals surface area contributed by atoms with Crippen molar-refractivity contribution in [2.45, 2.75) is 13.1 Å². The molecule has 1 N–H and O–H groups in total. The predicted molar refractivity (Wildman–Crippen MR) is 74.9 cm³/mol. The van der Waals surface area contributed by atoms with E-state index in [1.807, 2.05) is 0 Å². The summed E-state index contributed by atoms with van der Waals surface area (Å²) in [6.45, 7) is 0.281. The van der Waals surface area contributed by atoms with E-state index in [0.717, 1.165) is 22.4 Å². The topological polar surface area (TPSA) is 71.0 Å². The summed E-state index contributed by atoms with van der Waals surface area (Å²) in [6.07, 6.45) is -3.34.